The van der Waals surface area contributed by atoms with Gasteiger partial charge in [0, 0.05) is 23.2 Å². The Kier molecular flexibility index (Phi) is 4.80. The average Bonchev–Trinajstić information content (AvgIpc) is 3.38. The van der Waals surface area contributed by atoms with Crippen LogP contribution in [0.2, 0.25) is 5.02 Å². The summed E-state index contributed by atoms with van der Waals surface area (Å²) in [4.78, 5) is 29.5. The number of carboxylic acids is 1. The minimum Gasteiger partial charge on any atom is -0.478 e. The number of nitrogens with zero attached hydrogens (tertiary/aromatic N) is 2. The van der Waals surface area contributed by atoms with Crippen molar-refractivity contribution in [3.63, 3.8) is 0 Å². The predicted molar refractivity (Wildman–Crippen MR) is 109 cm³/mol. The predicted octanol–water partition coefficient (Wildman–Crippen LogP) is 4.81. The number of benzene rings is 1. The molecule has 28 heavy (non-hydrogen) atoms. The van der Waals surface area contributed by atoms with E-state index >= 15 is 0 Å². The number of anilines is 1. The molecule has 1 amide bonds. The molecule has 0 aliphatic carbocycles. The summed E-state index contributed by atoms with van der Waals surface area (Å²) in [5, 5.41) is 19.6. The molecule has 1 fully saturated rings. The summed E-state index contributed by atoms with van der Waals surface area (Å²) >= 11 is 8.19. The zero-order valence-electron chi connectivity index (χ0n) is 13.9. The fourth-order valence-electron chi connectivity index (χ4n) is 2.54. The van der Waals surface area contributed by atoms with Crippen molar-refractivity contribution in [2.24, 2.45) is 0 Å². The number of aromatic nitrogens is 1. The number of amidine groups is 1. The highest BCUT2D eigenvalue weighted by Gasteiger charge is 2.35. The van der Waals surface area contributed by atoms with Crippen molar-refractivity contribution in [2.75, 3.05) is 4.90 Å². The van der Waals surface area contributed by atoms with Gasteiger partial charge in [-0.3, -0.25) is 10.2 Å². The molecular formula is C18H10ClN3O4S2. The van der Waals surface area contributed by atoms with Crippen LogP contribution in [-0.4, -0.2) is 27.1 Å². The van der Waals surface area contributed by atoms with E-state index in [1.54, 1.807) is 35.9 Å². The highest BCUT2D eigenvalue weighted by molar-refractivity contribution is 8.19. The summed E-state index contributed by atoms with van der Waals surface area (Å²) in [6.45, 7) is 0. The molecule has 1 saturated heterocycles. The molecule has 1 aliphatic rings. The Hall–Kier alpha value is -2.88. The summed E-state index contributed by atoms with van der Waals surface area (Å²) in [5.74, 6) is -0.628. The Bertz CT molecular complexity index is 1140. The molecule has 140 valence electrons. The Morgan fingerprint density at radius 1 is 1.32 bits per heavy atom. The van der Waals surface area contributed by atoms with E-state index in [2.05, 4.69) is 4.98 Å². The number of nitrogens with one attached hydrogen (secondary N) is 1. The second-order valence-electron chi connectivity index (χ2n) is 5.57. The van der Waals surface area contributed by atoms with Crippen LogP contribution in [0.15, 0.2) is 51.2 Å². The third-order valence-corrected chi connectivity index (χ3v) is 5.79. The molecule has 0 radical (unpaired) electrons. The molecule has 1 aromatic carbocycles. The summed E-state index contributed by atoms with van der Waals surface area (Å²) in [6.07, 6.45) is 3.12. The molecule has 0 atom stereocenters. The molecule has 0 unspecified atom stereocenters. The number of hydrogen-bond acceptors (Lipinski definition) is 7. The van der Waals surface area contributed by atoms with E-state index < -0.39 is 5.97 Å². The van der Waals surface area contributed by atoms with Gasteiger partial charge in [-0.15, -0.1) is 11.3 Å². The van der Waals surface area contributed by atoms with E-state index in [4.69, 9.17) is 21.4 Å². The van der Waals surface area contributed by atoms with E-state index in [0.717, 1.165) is 11.8 Å². The number of rotatable bonds is 4. The lowest BCUT2D eigenvalue weighted by Crippen LogP contribution is -2.27. The van der Waals surface area contributed by atoms with Crippen molar-refractivity contribution in [1.29, 1.82) is 5.41 Å². The van der Waals surface area contributed by atoms with E-state index in [1.165, 1.54) is 28.4 Å². The zero-order valence-corrected chi connectivity index (χ0v) is 16.3. The first-order valence-corrected chi connectivity index (χ1v) is 9.86. The second kappa shape index (κ2) is 7.27. The smallest absolute Gasteiger partial charge is 0.337 e. The molecule has 0 spiro atoms. The van der Waals surface area contributed by atoms with E-state index in [-0.39, 0.29) is 21.7 Å². The lowest BCUT2D eigenvalue weighted by Gasteiger charge is -2.08. The third-order valence-electron chi connectivity index (χ3n) is 3.82. The molecule has 4 rings (SSSR count). The minimum absolute atomic E-state index is 0.0236. The van der Waals surface area contributed by atoms with Gasteiger partial charge in [0.2, 0.25) is 0 Å². The maximum absolute atomic E-state index is 12.6. The fourth-order valence-corrected chi connectivity index (χ4v) is 4.27. The molecule has 0 bridgehead atoms. The van der Waals surface area contributed by atoms with Gasteiger partial charge in [-0.05, 0) is 42.1 Å². The first-order chi connectivity index (χ1) is 13.4. The number of aromatic carboxylic acids is 1. The molecule has 3 aromatic rings. The number of carbonyl (C=O) groups is 2. The Morgan fingerprint density at radius 2 is 2.14 bits per heavy atom. The van der Waals surface area contributed by atoms with Gasteiger partial charge in [0.05, 0.1) is 15.5 Å². The third kappa shape index (κ3) is 3.35. The van der Waals surface area contributed by atoms with Gasteiger partial charge in [0.1, 0.15) is 11.5 Å². The van der Waals surface area contributed by atoms with Crippen LogP contribution in [0, 0.1) is 5.41 Å². The van der Waals surface area contributed by atoms with Crippen LogP contribution in [0.5, 0.6) is 0 Å². The number of thioether (sulfide) groups is 1. The van der Waals surface area contributed by atoms with Crippen molar-refractivity contribution in [1.82, 2.24) is 4.98 Å². The summed E-state index contributed by atoms with van der Waals surface area (Å²) < 4.78 is 5.74. The van der Waals surface area contributed by atoms with Gasteiger partial charge in [-0.1, -0.05) is 11.6 Å². The van der Waals surface area contributed by atoms with Gasteiger partial charge >= 0.3 is 5.97 Å². The standard InChI is InChI=1S/C18H10ClN3O4S2/c19-12-3-1-9(7-11(12)16(24)25)13-4-2-10(26-13)8-14-15(23)22(17(20)28-14)18-21-5-6-27-18/h1-8,20H,(H,24,25). The van der Waals surface area contributed by atoms with Crippen molar-refractivity contribution < 1.29 is 19.1 Å². The lowest BCUT2D eigenvalue weighted by molar-refractivity contribution is -0.113. The van der Waals surface area contributed by atoms with Crippen LogP contribution in [0.25, 0.3) is 17.4 Å². The monoisotopic (exact) mass is 431 g/mol. The van der Waals surface area contributed by atoms with Crippen LogP contribution in [-0.2, 0) is 4.79 Å². The summed E-state index contributed by atoms with van der Waals surface area (Å²) in [5.41, 5.74) is 0.526. The number of carbonyl (C=O) groups excluding carboxylic acids is 1. The highest BCUT2D eigenvalue weighted by atomic mass is 35.5. The Morgan fingerprint density at radius 3 is 2.86 bits per heavy atom. The largest absolute Gasteiger partial charge is 0.478 e. The topological polar surface area (TPSA) is 107 Å². The molecule has 10 heteroatoms. The van der Waals surface area contributed by atoms with Crippen LogP contribution in [0.1, 0.15) is 16.1 Å². The zero-order chi connectivity index (χ0) is 19.8. The summed E-state index contributed by atoms with van der Waals surface area (Å²) in [7, 11) is 0. The minimum atomic E-state index is -1.13. The molecule has 0 saturated carbocycles. The summed E-state index contributed by atoms with van der Waals surface area (Å²) in [6, 6.07) is 7.91. The molecule has 3 heterocycles. The van der Waals surface area contributed by atoms with Gasteiger partial charge in [0.25, 0.3) is 5.91 Å². The van der Waals surface area contributed by atoms with Crippen LogP contribution < -0.4 is 4.90 Å². The lowest BCUT2D eigenvalue weighted by atomic mass is 10.1. The van der Waals surface area contributed by atoms with Gasteiger partial charge in [-0.2, -0.15) is 0 Å². The number of halogens is 1. The van der Waals surface area contributed by atoms with E-state index in [1.807, 2.05) is 0 Å². The number of thiazole rings is 1. The van der Waals surface area contributed by atoms with Crippen molar-refractivity contribution >= 4 is 63.0 Å². The maximum Gasteiger partial charge on any atom is 0.337 e. The van der Waals surface area contributed by atoms with Crippen LogP contribution in [0.3, 0.4) is 0 Å². The van der Waals surface area contributed by atoms with Crippen molar-refractivity contribution in [2.45, 2.75) is 0 Å². The van der Waals surface area contributed by atoms with E-state index in [9.17, 15) is 14.7 Å². The van der Waals surface area contributed by atoms with Crippen molar-refractivity contribution in [3.05, 3.63) is 63.2 Å². The first kappa shape index (κ1) is 18.5. The molecule has 7 nitrogen and oxygen atoms in total. The van der Waals surface area contributed by atoms with Crippen molar-refractivity contribution in [3.8, 4) is 11.3 Å². The van der Waals surface area contributed by atoms with Gasteiger partial charge in [0.15, 0.2) is 10.3 Å². The first-order valence-electron chi connectivity index (χ1n) is 7.79. The molecule has 1 aliphatic heterocycles. The second-order valence-corrected chi connectivity index (χ2v) is 7.88. The molecule has 2 aromatic heterocycles. The van der Waals surface area contributed by atoms with Crippen LogP contribution in [0.4, 0.5) is 5.13 Å². The quantitative estimate of drug-likeness (QED) is 0.574. The number of furan rings is 1. The number of carboxylic acid groups (broad SMARTS) is 1. The fraction of sp³-hybridized carbons (Fsp3) is 0. The van der Waals surface area contributed by atoms with E-state index in [0.29, 0.717) is 27.1 Å². The normalized spacial score (nSPS) is 15.6. The highest BCUT2D eigenvalue weighted by Crippen LogP contribution is 2.36. The number of hydrogen-bond donors (Lipinski definition) is 2. The Balaban J connectivity index is 1.62. The van der Waals surface area contributed by atoms with Gasteiger partial charge < -0.3 is 9.52 Å². The SMILES string of the molecule is N=C1SC(=Cc2ccc(-c3ccc(Cl)c(C(=O)O)c3)o2)C(=O)N1c1nccs1. The Labute approximate surface area is 171 Å². The van der Waals surface area contributed by atoms with Crippen LogP contribution >= 0.6 is 34.7 Å². The molecule has 2 N–H and O–H groups in total. The number of amides is 1. The molecular weight excluding hydrogens is 422 g/mol. The average molecular weight is 432 g/mol. The van der Waals surface area contributed by atoms with Gasteiger partial charge in [-0.25, -0.2) is 14.7 Å². The maximum atomic E-state index is 12.6.